The molecule has 1 aromatic rings. The van der Waals surface area contributed by atoms with Crippen molar-refractivity contribution in [1.82, 2.24) is 20.9 Å². The Labute approximate surface area is 250 Å². The normalized spacial score (nSPS) is 16.7. The first-order valence-corrected chi connectivity index (χ1v) is 15.1. The van der Waals surface area contributed by atoms with Crippen molar-refractivity contribution in [3.05, 3.63) is 35.9 Å². The van der Waals surface area contributed by atoms with E-state index >= 15 is 0 Å². The molecule has 10 nitrogen and oxygen atoms in total. The number of ketones is 1. The molecular formula is C32H50N4O6. The lowest BCUT2D eigenvalue weighted by atomic mass is 9.85. The lowest BCUT2D eigenvalue weighted by Crippen LogP contribution is -2.59. The van der Waals surface area contributed by atoms with Crippen molar-refractivity contribution < 1.29 is 28.7 Å². The highest BCUT2D eigenvalue weighted by molar-refractivity contribution is 6.38. The van der Waals surface area contributed by atoms with Crippen molar-refractivity contribution in [2.24, 2.45) is 5.41 Å². The van der Waals surface area contributed by atoms with Crippen molar-refractivity contribution in [1.29, 1.82) is 0 Å². The van der Waals surface area contributed by atoms with Crippen molar-refractivity contribution in [3.8, 4) is 0 Å². The first-order chi connectivity index (χ1) is 19.6. The fourth-order valence-electron chi connectivity index (χ4n) is 4.91. The number of benzene rings is 1. The van der Waals surface area contributed by atoms with Crippen molar-refractivity contribution >= 4 is 29.6 Å². The Bertz CT molecular complexity index is 1080. The van der Waals surface area contributed by atoms with Gasteiger partial charge in [-0.25, -0.2) is 4.79 Å². The first kappa shape index (κ1) is 34.8. The number of hydrogen-bond donors (Lipinski definition) is 3. The van der Waals surface area contributed by atoms with E-state index < -0.39 is 58.7 Å². The van der Waals surface area contributed by atoms with Gasteiger partial charge in [0.2, 0.25) is 17.6 Å². The van der Waals surface area contributed by atoms with Crippen LogP contribution in [0.15, 0.2) is 30.3 Å². The molecule has 0 radical (unpaired) electrons. The lowest BCUT2D eigenvalue weighted by Gasteiger charge is -2.36. The van der Waals surface area contributed by atoms with E-state index in [0.29, 0.717) is 38.8 Å². The highest BCUT2D eigenvalue weighted by Crippen LogP contribution is 2.26. The van der Waals surface area contributed by atoms with E-state index in [-0.39, 0.29) is 0 Å². The Kier molecular flexibility index (Phi) is 13.0. The number of Topliss-reactive ketones (excluding diaryl/α,β-unsaturated/α-hetero) is 1. The zero-order valence-electron chi connectivity index (χ0n) is 26.4. The van der Waals surface area contributed by atoms with E-state index in [0.717, 1.165) is 19.3 Å². The van der Waals surface area contributed by atoms with Crippen LogP contribution in [0.25, 0.3) is 0 Å². The molecule has 1 aliphatic heterocycles. The predicted octanol–water partition coefficient (Wildman–Crippen LogP) is 3.91. The van der Waals surface area contributed by atoms with Crippen molar-refractivity contribution in [2.45, 2.75) is 117 Å². The molecule has 1 aliphatic rings. The van der Waals surface area contributed by atoms with Crippen LogP contribution in [-0.4, -0.2) is 71.3 Å². The summed E-state index contributed by atoms with van der Waals surface area (Å²) in [5.74, 6) is -2.28. The van der Waals surface area contributed by atoms with Gasteiger partial charge in [0, 0.05) is 13.1 Å². The maximum atomic E-state index is 13.7. The Morgan fingerprint density at radius 2 is 1.64 bits per heavy atom. The number of hydrogen-bond acceptors (Lipinski definition) is 6. The Morgan fingerprint density at radius 1 is 0.976 bits per heavy atom. The molecule has 1 aromatic carbocycles. The standard InChI is InChI=1S/C32H50N4O6/c1-8-15-23(25(37)28(39)33-20-13-12-18-22-16-10-9-11-17-22)34-27(38)24-19-14-21-36(24)29(40)26(31(2,3)4)35-30(41)42-32(5,6)7/h9-11,16-17,23-24,26H,8,12-15,18-21H2,1-7H3,(H,33,39)(H,34,38)(H,35,41)/t23?,24-,26+/m0/s1. The van der Waals surface area contributed by atoms with E-state index in [2.05, 4.69) is 28.1 Å². The van der Waals surface area contributed by atoms with Gasteiger partial charge in [-0.05, 0) is 70.3 Å². The van der Waals surface area contributed by atoms with E-state index in [1.807, 2.05) is 45.9 Å². The number of likely N-dealkylation sites (tertiary alicyclic amines) is 1. The maximum absolute atomic E-state index is 13.7. The molecule has 2 rings (SSSR count). The number of nitrogens with zero attached hydrogens (tertiary/aromatic N) is 1. The molecule has 3 N–H and O–H groups in total. The minimum absolute atomic E-state index is 0.303. The number of alkyl carbamates (subject to hydrolysis) is 1. The van der Waals surface area contributed by atoms with E-state index in [4.69, 9.17) is 4.74 Å². The molecule has 1 fully saturated rings. The van der Waals surface area contributed by atoms with Crippen LogP contribution in [-0.2, 0) is 30.3 Å². The topological polar surface area (TPSA) is 134 Å². The molecule has 4 amide bonds. The van der Waals surface area contributed by atoms with Crippen LogP contribution in [0.4, 0.5) is 4.79 Å². The molecule has 0 aromatic heterocycles. The van der Waals surface area contributed by atoms with Gasteiger partial charge in [0.15, 0.2) is 0 Å². The molecule has 0 aliphatic carbocycles. The minimum atomic E-state index is -0.984. The van der Waals surface area contributed by atoms with Gasteiger partial charge in [0.05, 0.1) is 6.04 Å². The second-order valence-electron chi connectivity index (χ2n) is 13.0. The van der Waals surface area contributed by atoms with Crippen LogP contribution in [0.5, 0.6) is 0 Å². The minimum Gasteiger partial charge on any atom is -0.444 e. The first-order valence-electron chi connectivity index (χ1n) is 15.1. The van der Waals surface area contributed by atoms with E-state index in [9.17, 15) is 24.0 Å². The van der Waals surface area contributed by atoms with Crippen LogP contribution in [0.2, 0.25) is 0 Å². The Balaban J connectivity index is 1.99. The third-order valence-electron chi connectivity index (χ3n) is 7.07. The Morgan fingerprint density at radius 3 is 2.24 bits per heavy atom. The highest BCUT2D eigenvalue weighted by atomic mass is 16.6. The quantitative estimate of drug-likeness (QED) is 0.237. The number of unbranched alkanes of at least 4 members (excludes halogenated alkanes) is 1. The molecule has 0 saturated carbocycles. The smallest absolute Gasteiger partial charge is 0.408 e. The molecule has 42 heavy (non-hydrogen) atoms. The van der Waals surface area contributed by atoms with Crippen LogP contribution >= 0.6 is 0 Å². The second kappa shape index (κ2) is 15.7. The summed E-state index contributed by atoms with van der Waals surface area (Å²) in [6, 6.07) is 7.33. The van der Waals surface area contributed by atoms with Gasteiger partial charge in [0.25, 0.3) is 5.91 Å². The monoisotopic (exact) mass is 586 g/mol. The van der Waals surface area contributed by atoms with Crippen molar-refractivity contribution in [2.75, 3.05) is 13.1 Å². The van der Waals surface area contributed by atoms with Gasteiger partial charge in [-0.1, -0.05) is 64.4 Å². The van der Waals surface area contributed by atoms with Gasteiger partial charge in [-0.3, -0.25) is 19.2 Å². The number of aryl methyl sites for hydroxylation is 1. The predicted molar refractivity (Wildman–Crippen MR) is 162 cm³/mol. The number of rotatable bonds is 13. The average molecular weight is 587 g/mol. The summed E-state index contributed by atoms with van der Waals surface area (Å²) in [4.78, 5) is 66.7. The number of amides is 4. The number of carbonyl (C=O) groups excluding carboxylic acids is 5. The van der Waals surface area contributed by atoms with Crippen LogP contribution in [0, 0.1) is 5.41 Å². The number of carbonyl (C=O) groups is 5. The Hall–Kier alpha value is -3.43. The summed E-state index contributed by atoms with van der Waals surface area (Å²) in [7, 11) is 0. The van der Waals surface area contributed by atoms with Gasteiger partial charge in [0.1, 0.15) is 17.7 Å². The fourth-order valence-corrected chi connectivity index (χ4v) is 4.91. The summed E-state index contributed by atoms with van der Waals surface area (Å²) < 4.78 is 5.37. The van der Waals surface area contributed by atoms with Gasteiger partial charge in [-0.2, -0.15) is 0 Å². The number of nitrogens with one attached hydrogen (secondary N) is 3. The maximum Gasteiger partial charge on any atom is 0.408 e. The van der Waals surface area contributed by atoms with Gasteiger partial charge < -0.3 is 25.6 Å². The average Bonchev–Trinajstić information content (AvgIpc) is 3.40. The molecule has 234 valence electrons. The highest BCUT2D eigenvalue weighted by Gasteiger charge is 2.43. The molecular weight excluding hydrogens is 536 g/mol. The largest absolute Gasteiger partial charge is 0.444 e. The summed E-state index contributed by atoms with van der Waals surface area (Å²) in [6.45, 7) is 13.3. The van der Waals surface area contributed by atoms with Crippen LogP contribution < -0.4 is 16.0 Å². The van der Waals surface area contributed by atoms with Gasteiger partial charge >= 0.3 is 6.09 Å². The fraction of sp³-hybridized carbons (Fsp3) is 0.656. The molecule has 1 unspecified atom stereocenters. The van der Waals surface area contributed by atoms with E-state index in [1.165, 1.54) is 10.5 Å². The summed E-state index contributed by atoms with van der Waals surface area (Å²) in [5, 5.41) is 8.12. The number of ether oxygens (including phenoxy) is 1. The molecule has 3 atom stereocenters. The second-order valence-corrected chi connectivity index (χ2v) is 13.0. The zero-order valence-corrected chi connectivity index (χ0v) is 26.4. The summed E-state index contributed by atoms with van der Waals surface area (Å²) in [5.41, 5.74) is -0.169. The van der Waals surface area contributed by atoms with Crippen LogP contribution in [0.1, 0.15) is 92.6 Å². The third-order valence-corrected chi connectivity index (χ3v) is 7.07. The van der Waals surface area contributed by atoms with E-state index in [1.54, 1.807) is 20.8 Å². The van der Waals surface area contributed by atoms with Gasteiger partial charge in [-0.15, -0.1) is 0 Å². The molecule has 10 heteroatoms. The van der Waals surface area contributed by atoms with Crippen LogP contribution in [0.3, 0.4) is 0 Å². The molecule has 0 spiro atoms. The summed E-state index contributed by atoms with van der Waals surface area (Å²) in [6.07, 6.45) is 3.68. The summed E-state index contributed by atoms with van der Waals surface area (Å²) >= 11 is 0. The SMILES string of the molecule is CCCC(NC(=O)[C@@H]1CCCN1C(=O)[C@@H](NC(=O)OC(C)(C)C)C(C)(C)C)C(=O)C(=O)NCCCCc1ccccc1. The van der Waals surface area contributed by atoms with Crippen molar-refractivity contribution in [3.63, 3.8) is 0 Å². The third kappa shape index (κ3) is 11.1. The molecule has 1 saturated heterocycles. The molecule has 0 bridgehead atoms. The molecule has 1 heterocycles. The lowest BCUT2D eigenvalue weighted by molar-refractivity contribution is -0.144. The zero-order chi connectivity index (χ0) is 31.5.